The van der Waals surface area contributed by atoms with E-state index in [4.69, 9.17) is 9.47 Å². The summed E-state index contributed by atoms with van der Waals surface area (Å²) >= 11 is 0. The van der Waals surface area contributed by atoms with Crippen LogP contribution in [-0.2, 0) is 16.0 Å². The minimum atomic E-state index is -0.833. The molecule has 1 atom stereocenters. The first-order chi connectivity index (χ1) is 18.6. The molecular weight excluding hydrogens is 507 g/mol. The first-order valence-corrected chi connectivity index (χ1v) is 12.4. The molecule has 39 heavy (non-hydrogen) atoms. The summed E-state index contributed by atoms with van der Waals surface area (Å²) in [6.45, 7) is 6.07. The molecule has 4 heterocycles. The number of anilines is 1. The summed E-state index contributed by atoms with van der Waals surface area (Å²) in [6, 6.07) is 9.04. The molecule has 1 aromatic carbocycles. The van der Waals surface area contributed by atoms with Gasteiger partial charge in [0.2, 0.25) is 0 Å². The molecule has 0 spiro atoms. The van der Waals surface area contributed by atoms with Crippen molar-refractivity contribution < 1.29 is 28.6 Å². The zero-order valence-corrected chi connectivity index (χ0v) is 21.7. The highest BCUT2D eigenvalue weighted by atomic mass is 19.1. The maximum atomic E-state index is 15.0. The molecule has 202 valence electrons. The van der Waals surface area contributed by atoms with E-state index in [2.05, 4.69) is 10.1 Å². The molecular formula is C27H27FN6O5. The number of ether oxygens (including phenoxy) is 2. The average Bonchev–Trinajstić information content (AvgIpc) is 3.52. The van der Waals surface area contributed by atoms with Crippen molar-refractivity contribution >= 4 is 17.8 Å². The Kier molecular flexibility index (Phi) is 6.80. The highest BCUT2D eigenvalue weighted by Gasteiger charge is 2.39. The average molecular weight is 535 g/mol. The Bertz CT molecular complexity index is 1490. The van der Waals surface area contributed by atoms with E-state index in [1.807, 2.05) is 11.0 Å². The Hall–Kier alpha value is -4.34. The molecule has 2 aliphatic heterocycles. The topological polar surface area (TPSA) is 134 Å². The van der Waals surface area contributed by atoms with Crippen LogP contribution in [0.2, 0.25) is 0 Å². The molecule has 12 heteroatoms. The fourth-order valence-electron chi connectivity index (χ4n) is 4.65. The summed E-state index contributed by atoms with van der Waals surface area (Å²) in [5.41, 5.74) is -0.0556. The summed E-state index contributed by atoms with van der Waals surface area (Å²) < 4.78 is 27.3. The van der Waals surface area contributed by atoms with Crippen molar-refractivity contribution in [3.8, 4) is 23.0 Å². The number of pyridine rings is 1. The van der Waals surface area contributed by atoms with Crippen LogP contribution in [0.4, 0.5) is 15.0 Å². The minimum absolute atomic E-state index is 0.0203. The lowest BCUT2D eigenvalue weighted by molar-refractivity contribution is 0.0247. The molecule has 2 aromatic heterocycles. The molecule has 0 radical (unpaired) electrons. The Labute approximate surface area is 224 Å². The molecule has 3 aromatic rings. The van der Waals surface area contributed by atoms with E-state index in [1.54, 1.807) is 33.0 Å². The zero-order chi connectivity index (χ0) is 27.9. The second-order valence-corrected chi connectivity index (χ2v) is 10.2. The van der Waals surface area contributed by atoms with Gasteiger partial charge in [-0.15, -0.1) is 0 Å². The zero-order valence-electron chi connectivity index (χ0n) is 21.7. The number of aliphatic hydroxyl groups excluding tert-OH is 1. The first-order valence-electron chi connectivity index (χ1n) is 12.4. The molecule has 0 saturated carbocycles. The molecule has 1 N–H and O–H groups in total. The summed E-state index contributed by atoms with van der Waals surface area (Å²) in [7, 11) is 0. The number of nitrogens with zero attached hydrogens (tertiary/aromatic N) is 6. The van der Waals surface area contributed by atoms with Crippen molar-refractivity contribution in [3.63, 3.8) is 0 Å². The number of nitriles is 1. The predicted molar refractivity (Wildman–Crippen MR) is 137 cm³/mol. The Morgan fingerprint density at radius 1 is 1.31 bits per heavy atom. The van der Waals surface area contributed by atoms with Crippen molar-refractivity contribution in [2.45, 2.75) is 39.0 Å². The Morgan fingerprint density at radius 2 is 2.10 bits per heavy atom. The normalized spacial score (nSPS) is 17.2. The van der Waals surface area contributed by atoms with Gasteiger partial charge in [0.25, 0.3) is 5.91 Å². The number of aromatic nitrogens is 3. The van der Waals surface area contributed by atoms with Gasteiger partial charge in [0, 0.05) is 18.8 Å². The number of aliphatic hydroxyl groups is 1. The van der Waals surface area contributed by atoms with E-state index in [1.165, 1.54) is 28.9 Å². The van der Waals surface area contributed by atoms with Crippen LogP contribution in [-0.4, -0.2) is 74.8 Å². The maximum Gasteiger partial charge on any atom is 0.417 e. The highest BCUT2D eigenvalue weighted by Crippen LogP contribution is 2.34. The van der Waals surface area contributed by atoms with Crippen LogP contribution in [0.25, 0.3) is 16.9 Å². The van der Waals surface area contributed by atoms with Gasteiger partial charge in [0.15, 0.2) is 5.82 Å². The van der Waals surface area contributed by atoms with Crippen molar-refractivity contribution in [2.75, 3.05) is 31.3 Å². The minimum Gasteiger partial charge on any atom is -0.443 e. The van der Waals surface area contributed by atoms with Gasteiger partial charge >= 0.3 is 6.09 Å². The van der Waals surface area contributed by atoms with Crippen LogP contribution < -0.4 is 4.90 Å². The van der Waals surface area contributed by atoms with E-state index >= 15 is 0 Å². The van der Waals surface area contributed by atoms with Crippen molar-refractivity contribution in [1.82, 2.24) is 19.7 Å². The van der Waals surface area contributed by atoms with Crippen LogP contribution in [0.1, 0.15) is 42.4 Å². The maximum absolute atomic E-state index is 15.0. The van der Waals surface area contributed by atoms with Gasteiger partial charge in [-0.3, -0.25) is 4.79 Å². The van der Waals surface area contributed by atoms with Crippen LogP contribution in [0, 0.1) is 17.1 Å². The molecule has 2 aliphatic rings. The summed E-state index contributed by atoms with van der Waals surface area (Å²) in [6.07, 6.45) is 0.802. The number of rotatable bonds is 4. The number of halogens is 1. The highest BCUT2D eigenvalue weighted by molar-refractivity contribution is 6.08. The van der Waals surface area contributed by atoms with Gasteiger partial charge in [-0.1, -0.05) is 6.07 Å². The first kappa shape index (κ1) is 26.3. The molecule has 5 rings (SSSR count). The molecule has 11 nitrogen and oxygen atoms in total. The monoisotopic (exact) mass is 534 g/mol. The van der Waals surface area contributed by atoms with Crippen molar-refractivity contribution in [3.05, 3.63) is 59.2 Å². The lowest BCUT2D eigenvalue weighted by atomic mass is 10.0. The lowest BCUT2D eigenvalue weighted by Gasteiger charge is -2.34. The van der Waals surface area contributed by atoms with Crippen LogP contribution >= 0.6 is 0 Å². The molecule has 0 aliphatic carbocycles. The summed E-state index contributed by atoms with van der Waals surface area (Å²) in [5.74, 6) is -0.734. The lowest BCUT2D eigenvalue weighted by Crippen LogP contribution is -2.47. The van der Waals surface area contributed by atoms with E-state index in [9.17, 15) is 24.3 Å². The number of carbonyl (C=O) groups excluding carboxylic acids is 2. The van der Waals surface area contributed by atoms with Crippen molar-refractivity contribution in [2.24, 2.45) is 0 Å². The van der Waals surface area contributed by atoms with Gasteiger partial charge in [0.05, 0.1) is 72.2 Å². The molecule has 1 unspecified atom stereocenters. The Morgan fingerprint density at radius 3 is 2.82 bits per heavy atom. The molecule has 2 amide bonds. The van der Waals surface area contributed by atoms with Gasteiger partial charge in [-0.25, -0.2) is 23.8 Å². The number of amides is 2. The van der Waals surface area contributed by atoms with Crippen LogP contribution in [0.3, 0.4) is 0 Å². The SMILES string of the molecule is CC(C)(C)OC(=O)N1Cc2nc(-c3c(F)cccc3C#N)cc(-n3ccc(N4CCOCC4CO)n3)c2C1=O. The van der Waals surface area contributed by atoms with Gasteiger partial charge in [0.1, 0.15) is 11.4 Å². The van der Waals surface area contributed by atoms with E-state index in [-0.39, 0.29) is 53.0 Å². The number of imide groups is 1. The second-order valence-electron chi connectivity index (χ2n) is 10.2. The summed E-state index contributed by atoms with van der Waals surface area (Å²) in [5, 5.41) is 24.1. The third-order valence-corrected chi connectivity index (χ3v) is 6.40. The fraction of sp³-hybridized carbons (Fsp3) is 0.370. The van der Waals surface area contributed by atoms with Crippen LogP contribution in [0.15, 0.2) is 36.5 Å². The largest absolute Gasteiger partial charge is 0.443 e. The van der Waals surface area contributed by atoms with Crippen molar-refractivity contribution in [1.29, 1.82) is 5.26 Å². The summed E-state index contributed by atoms with van der Waals surface area (Å²) in [4.78, 5) is 33.7. The smallest absolute Gasteiger partial charge is 0.417 e. The third kappa shape index (κ3) is 4.94. The van der Waals surface area contributed by atoms with Crippen LogP contribution in [0.5, 0.6) is 0 Å². The predicted octanol–water partition coefficient (Wildman–Crippen LogP) is 3.03. The van der Waals surface area contributed by atoms with Gasteiger partial charge < -0.3 is 19.5 Å². The Balaban J connectivity index is 1.64. The quantitative estimate of drug-likeness (QED) is 0.536. The molecule has 0 bridgehead atoms. The number of morpholine rings is 1. The number of hydrogen-bond donors (Lipinski definition) is 1. The number of benzene rings is 1. The van der Waals surface area contributed by atoms with E-state index in [0.717, 1.165) is 4.90 Å². The van der Waals surface area contributed by atoms with Gasteiger partial charge in [-0.2, -0.15) is 10.4 Å². The third-order valence-electron chi connectivity index (χ3n) is 6.40. The molecule has 1 saturated heterocycles. The van der Waals surface area contributed by atoms with Gasteiger partial charge in [-0.05, 0) is 39.0 Å². The second kappa shape index (κ2) is 10.1. The number of carbonyl (C=O) groups is 2. The molecule has 1 fully saturated rings. The fourth-order valence-corrected chi connectivity index (χ4v) is 4.65. The van der Waals surface area contributed by atoms with E-state index in [0.29, 0.717) is 25.6 Å². The number of hydrogen-bond acceptors (Lipinski definition) is 9. The number of fused-ring (bicyclic) bond motifs is 1. The standard InChI is InChI=1S/C27H27FN6O5/c1-27(2,3)39-26(37)33-13-20-24(25(33)36)21(11-19(30-20)23-16(12-29)5-4-6-18(23)28)34-8-7-22(31-34)32-9-10-38-15-17(32)14-35/h4-8,11,17,35H,9-10,13-15H2,1-3H3. The van der Waals surface area contributed by atoms with E-state index < -0.39 is 23.4 Å².